The first-order valence-corrected chi connectivity index (χ1v) is 7.22. The Bertz CT molecular complexity index is 678. The second-order valence-corrected chi connectivity index (χ2v) is 5.40. The average Bonchev–Trinajstić information content (AvgIpc) is 2.89. The second-order valence-electron chi connectivity index (χ2n) is 4.96. The van der Waals surface area contributed by atoms with Gasteiger partial charge < -0.3 is 10.1 Å². The zero-order valence-corrected chi connectivity index (χ0v) is 12.6. The number of benzene rings is 1. The number of hydrogen-bond donors (Lipinski definition) is 2. The summed E-state index contributed by atoms with van der Waals surface area (Å²) < 4.78 is 5.24. The van der Waals surface area contributed by atoms with Crippen LogP contribution < -0.4 is 10.6 Å². The Labute approximate surface area is 131 Å². The number of ether oxygens (including phenoxy) is 1. The van der Waals surface area contributed by atoms with Gasteiger partial charge in [-0.1, -0.05) is 11.6 Å². The van der Waals surface area contributed by atoms with Gasteiger partial charge in [-0.05, 0) is 25.1 Å². The van der Waals surface area contributed by atoms with E-state index in [-0.39, 0.29) is 13.2 Å². The first kappa shape index (κ1) is 14.8. The van der Waals surface area contributed by atoms with E-state index in [0.717, 1.165) is 0 Å². The minimum atomic E-state index is -1.71. The van der Waals surface area contributed by atoms with Crippen LogP contribution in [0, 0.1) is 0 Å². The molecule has 4 amide bonds. The summed E-state index contributed by atoms with van der Waals surface area (Å²) in [6.07, 6.45) is 0. The third-order valence-electron chi connectivity index (χ3n) is 3.81. The van der Waals surface area contributed by atoms with Gasteiger partial charge in [0.05, 0.1) is 6.61 Å². The zero-order chi connectivity index (χ0) is 15.9. The van der Waals surface area contributed by atoms with Gasteiger partial charge in [-0.3, -0.25) is 19.8 Å². The summed E-state index contributed by atoms with van der Waals surface area (Å²) in [7, 11) is 0. The van der Waals surface area contributed by atoms with Gasteiger partial charge in [0.2, 0.25) is 5.54 Å². The highest BCUT2D eigenvalue weighted by molar-refractivity contribution is 6.32. The van der Waals surface area contributed by atoms with Crippen molar-refractivity contribution in [1.29, 1.82) is 0 Å². The van der Waals surface area contributed by atoms with E-state index in [9.17, 15) is 14.4 Å². The van der Waals surface area contributed by atoms with Crippen molar-refractivity contribution in [3.05, 3.63) is 28.8 Å². The highest BCUT2D eigenvalue weighted by atomic mass is 35.5. The summed E-state index contributed by atoms with van der Waals surface area (Å²) in [5.74, 6) is -1.24. The summed E-state index contributed by atoms with van der Waals surface area (Å²) in [5, 5.41) is 5.22. The van der Waals surface area contributed by atoms with E-state index in [4.69, 9.17) is 16.3 Å². The highest BCUT2D eigenvalue weighted by Gasteiger charge is 2.63. The number of nitrogens with zero attached hydrogens (tertiary/aromatic N) is 1. The standard InChI is InChI=1S/C14H14ClN3O4/c1-2-22-6-5-18-13(21)17-12(20)14(18)9-7-8(15)3-4-10(9)16-11(14)19/h3-4,7H,2,5-6H2,1H3,(H,16,19)(H,17,20,21)/t14-/m1/s1. The van der Waals surface area contributed by atoms with E-state index in [2.05, 4.69) is 10.6 Å². The minimum absolute atomic E-state index is 0.116. The molecule has 2 N–H and O–H groups in total. The van der Waals surface area contributed by atoms with Gasteiger partial charge in [0, 0.05) is 29.4 Å². The fraction of sp³-hybridized carbons (Fsp3) is 0.357. The molecule has 1 spiro atoms. The van der Waals surface area contributed by atoms with Crippen LogP contribution in [-0.4, -0.2) is 42.5 Å². The third kappa shape index (κ3) is 1.89. The van der Waals surface area contributed by atoms with E-state index >= 15 is 0 Å². The molecule has 2 aliphatic heterocycles. The van der Waals surface area contributed by atoms with Crippen molar-refractivity contribution in [1.82, 2.24) is 10.2 Å². The van der Waals surface area contributed by atoms with Crippen molar-refractivity contribution in [3.8, 4) is 0 Å². The lowest BCUT2D eigenvalue weighted by Crippen LogP contribution is -2.53. The fourth-order valence-corrected chi connectivity index (χ4v) is 3.02. The number of urea groups is 1. The quantitative estimate of drug-likeness (QED) is 0.493. The number of amides is 4. The summed E-state index contributed by atoms with van der Waals surface area (Å²) in [4.78, 5) is 38.2. The number of anilines is 1. The van der Waals surface area contributed by atoms with Crippen LogP contribution in [0.2, 0.25) is 5.02 Å². The molecule has 7 nitrogen and oxygen atoms in total. The van der Waals surface area contributed by atoms with Crippen molar-refractivity contribution >= 4 is 35.1 Å². The maximum Gasteiger partial charge on any atom is 0.325 e. The maximum atomic E-state index is 12.5. The number of halogens is 1. The van der Waals surface area contributed by atoms with Crippen molar-refractivity contribution in [2.75, 3.05) is 25.1 Å². The number of carbonyl (C=O) groups excluding carboxylic acids is 3. The molecule has 1 aromatic rings. The molecule has 116 valence electrons. The highest BCUT2D eigenvalue weighted by Crippen LogP contribution is 2.44. The molecular weight excluding hydrogens is 310 g/mol. The number of nitrogens with one attached hydrogen (secondary N) is 2. The van der Waals surface area contributed by atoms with E-state index in [0.29, 0.717) is 22.9 Å². The lowest BCUT2D eigenvalue weighted by atomic mass is 9.90. The van der Waals surface area contributed by atoms with Crippen LogP contribution in [0.4, 0.5) is 10.5 Å². The SMILES string of the molecule is CCOCCN1C(=O)NC(=O)[C@@]12C(=O)Nc1ccc(Cl)cc12. The summed E-state index contributed by atoms with van der Waals surface area (Å²) in [6, 6.07) is 4.13. The van der Waals surface area contributed by atoms with Crippen molar-refractivity contribution in [2.24, 2.45) is 0 Å². The third-order valence-corrected chi connectivity index (χ3v) is 4.05. The number of imide groups is 1. The largest absolute Gasteiger partial charge is 0.380 e. The number of rotatable bonds is 4. The Kier molecular flexibility index (Phi) is 3.54. The molecule has 0 aromatic heterocycles. The average molecular weight is 324 g/mol. The van der Waals surface area contributed by atoms with E-state index in [1.165, 1.54) is 11.0 Å². The molecule has 0 bridgehead atoms. The predicted molar refractivity (Wildman–Crippen MR) is 78.5 cm³/mol. The zero-order valence-electron chi connectivity index (χ0n) is 11.8. The Morgan fingerprint density at radius 3 is 2.68 bits per heavy atom. The van der Waals surface area contributed by atoms with Gasteiger partial charge in [-0.15, -0.1) is 0 Å². The number of carbonyl (C=O) groups is 3. The molecule has 8 heteroatoms. The molecule has 1 atom stereocenters. The normalized spacial score (nSPS) is 23.0. The second kappa shape index (κ2) is 5.26. The Balaban J connectivity index is 2.09. The van der Waals surface area contributed by atoms with Gasteiger partial charge in [0.15, 0.2) is 0 Å². The van der Waals surface area contributed by atoms with Crippen LogP contribution in [-0.2, 0) is 19.9 Å². The minimum Gasteiger partial charge on any atom is -0.380 e. The summed E-state index contributed by atoms with van der Waals surface area (Å²) in [5.41, 5.74) is -0.862. The number of fused-ring (bicyclic) bond motifs is 2. The molecule has 0 aliphatic carbocycles. The van der Waals surface area contributed by atoms with Gasteiger partial charge >= 0.3 is 6.03 Å². The van der Waals surface area contributed by atoms with Crippen LogP contribution in [0.15, 0.2) is 18.2 Å². The van der Waals surface area contributed by atoms with E-state index in [1.807, 2.05) is 6.92 Å². The van der Waals surface area contributed by atoms with Crippen LogP contribution in [0.25, 0.3) is 0 Å². The number of hydrogen-bond acceptors (Lipinski definition) is 4. The molecule has 3 rings (SSSR count). The first-order chi connectivity index (χ1) is 10.5. The van der Waals surface area contributed by atoms with Gasteiger partial charge in [-0.25, -0.2) is 4.79 Å². The van der Waals surface area contributed by atoms with Gasteiger partial charge in [-0.2, -0.15) is 0 Å². The maximum absolute atomic E-state index is 12.5. The molecule has 22 heavy (non-hydrogen) atoms. The molecule has 0 saturated carbocycles. The van der Waals surface area contributed by atoms with Crippen molar-refractivity contribution in [2.45, 2.75) is 12.5 Å². The Hall–Kier alpha value is -2.12. The molecular formula is C14H14ClN3O4. The lowest BCUT2D eigenvalue weighted by Gasteiger charge is -2.29. The molecule has 1 saturated heterocycles. The topological polar surface area (TPSA) is 87.7 Å². The molecule has 1 aromatic carbocycles. The molecule has 2 heterocycles. The molecule has 0 unspecified atom stereocenters. The van der Waals surface area contributed by atoms with Crippen LogP contribution in [0.1, 0.15) is 12.5 Å². The Morgan fingerprint density at radius 1 is 1.23 bits per heavy atom. The van der Waals surface area contributed by atoms with Crippen LogP contribution in [0.3, 0.4) is 0 Å². The molecule has 1 fully saturated rings. The van der Waals surface area contributed by atoms with Crippen molar-refractivity contribution < 1.29 is 19.1 Å². The smallest absolute Gasteiger partial charge is 0.325 e. The van der Waals surface area contributed by atoms with Crippen LogP contribution >= 0.6 is 11.6 Å². The first-order valence-electron chi connectivity index (χ1n) is 6.84. The fourth-order valence-electron chi connectivity index (χ4n) is 2.85. The Morgan fingerprint density at radius 2 is 1.95 bits per heavy atom. The van der Waals surface area contributed by atoms with Crippen molar-refractivity contribution in [3.63, 3.8) is 0 Å². The predicted octanol–water partition coefficient (Wildman–Crippen LogP) is 1.08. The lowest BCUT2D eigenvalue weighted by molar-refractivity contribution is -0.137. The molecule has 0 radical (unpaired) electrons. The van der Waals surface area contributed by atoms with E-state index < -0.39 is 23.4 Å². The summed E-state index contributed by atoms with van der Waals surface area (Å²) >= 11 is 5.99. The molecule has 2 aliphatic rings. The monoisotopic (exact) mass is 323 g/mol. The summed E-state index contributed by atoms with van der Waals surface area (Å²) in [6.45, 7) is 2.64. The van der Waals surface area contributed by atoms with E-state index in [1.54, 1.807) is 12.1 Å². The van der Waals surface area contributed by atoms with Gasteiger partial charge in [0.1, 0.15) is 0 Å². The van der Waals surface area contributed by atoms with Gasteiger partial charge in [0.25, 0.3) is 11.8 Å². The van der Waals surface area contributed by atoms with Crippen LogP contribution in [0.5, 0.6) is 0 Å².